The van der Waals surface area contributed by atoms with Gasteiger partial charge >= 0.3 is 156 Å². The van der Waals surface area contributed by atoms with Crippen molar-refractivity contribution in [3.8, 4) is 0 Å². The number of carbonyl (C=O) groups excluding carboxylic acids is 2. The average molecular weight is 401 g/mol. The predicted molar refractivity (Wildman–Crippen MR) is 112 cm³/mol. The van der Waals surface area contributed by atoms with Crippen molar-refractivity contribution >= 4 is 51.0 Å². The molecule has 0 radical (unpaired) electrons. The number of rotatable bonds is 12. The van der Waals surface area contributed by atoms with Crippen LogP contribution >= 0.6 is 40.7 Å². The zero-order valence-corrected chi connectivity index (χ0v) is 18.7. The van der Waals surface area contributed by atoms with Crippen molar-refractivity contribution in [2.24, 2.45) is 0 Å². The fourth-order valence-corrected chi connectivity index (χ4v) is 15.6. The average Bonchev–Trinajstić information content (AvgIpc) is 2.48. The summed E-state index contributed by atoms with van der Waals surface area (Å²) in [6, 6.07) is 0. The monoisotopic (exact) mass is 400 g/mol. The molecule has 0 fully saturated rings. The molecule has 0 bridgehead atoms. The Balaban J connectivity index is 5.81. The molecule has 138 valence electrons. The minimum absolute atomic E-state index is 0.0721. The van der Waals surface area contributed by atoms with Crippen molar-refractivity contribution in [1.29, 1.82) is 0 Å². The predicted octanol–water partition coefficient (Wildman–Crippen LogP) is 6.94. The van der Waals surface area contributed by atoms with Crippen molar-refractivity contribution in [1.82, 2.24) is 0 Å². The van der Waals surface area contributed by atoms with Crippen LogP contribution < -0.4 is 0 Å². The van der Waals surface area contributed by atoms with Crippen LogP contribution in [0.25, 0.3) is 0 Å². The Kier molecular flexibility index (Phi) is 11.8. The third-order valence-corrected chi connectivity index (χ3v) is 17.8. The van der Waals surface area contributed by atoms with Gasteiger partial charge in [-0.2, -0.15) is 0 Å². The first-order chi connectivity index (χ1) is 10.7. The Bertz CT molecular complexity index is 350. The maximum atomic E-state index is 11.8. The molecule has 0 atom stereocenters. The first-order valence-corrected chi connectivity index (χ1v) is 14.3. The number of thioether (sulfide) groups is 2. The van der Waals surface area contributed by atoms with E-state index in [1.165, 1.54) is 23.5 Å². The summed E-state index contributed by atoms with van der Waals surface area (Å²) in [6.45, 7) is 9.74. The van der Waals surface area contributed by atoms with Gasteiger partial charge in [0.1, 0.15) is 0 Å². The molecule has 0 aromatic carbocycles. The number of unbranched alkanes of at least 4 members (excludes halogenated alkanes) is 3. The van der Waals surface area contributed by atoms with Crippen molar-refractivity contribution in [3.63, 3.8) is 0 Å². The number of halogens is 1. The number of hydrogen-bond donors (Lipinski definition) is 0. The van der Waals surface area contributed by atoms with Crippen LogP contribution in [0.5, 0.6) is 0 Å². The van der Waals surface area contributed by atoms with E-state index in [9.17, 15) is 9.59 Å². The fourth-order valence-electron chi connectivity index (χ4n) is 2.82. The van der Waals surface area contributed by atoms with Gasteiger partial charge in [0.2, 0.25) is 0 Å². The molecule has 0 amide bonds. The first-order valence-electron chi connectivity index (χ1n) is 8.79. The molecule has 0 aliphatic carbocycles. The molecule has 0 aliphatic heterocycles. The molecule has 0 saturated carbocycles. The Morgan fingerprint density at radius 2 is 1.13 bits per heavy atom. The summed E-state index contributed by atoms with van der Waals surface area (Å²) in [7, 11) is 0. The Labute approximate surface area is 156 Å². The summed E-state index contributed by atoms with van der Waals surface area (Å²) < 4.78 is -0.0812. The second-order valence-corrected chi connectivity index (χ2v) is 17.9. The van der Waals surface area contributed by atoms with E-state index >= 15 is 0 Å². The molecule has 0 heterocycles. The van der Waals surface area contributed by atoms with Gasteiger partial charge in [0.05, 0.1) is 0 Å². The van der Waals surface area contributed by atoms with Gasteiger partial charge in [0.25, 0.3) is 0 Å². The summed E-state index contributed by atoms with van der Waals surface area (Å²) >= 11 is 10.2. The molecule has 23 heavy (non-hydrogen) atoms. The summed E-state index contributed by atoms with van der Waals surface area (Å²) in [5.41, 5.74) is 0. The molecule has 0 aliphatic rings. The van der Waals surface area contributed by atoms with E-state index < -0.39 is 5.96 Å². The van der Waals surface area contributed by atoms with Gasteiger partial charge in [-0.05, 0) is 0 Å². The fraction of sp³-hybridized carbons (Fsp3) is 0.882. The first kappa shape index (κ1) is 23.8. The van der Waals surface area contributed by atoms with E-state index in [0.717, 1.165) is 57.0 Å². The summed E-state index contributed by atoms with van der Waals surface area (Å²) in [6.07, 6.45) is 9.55. The Morgan fingerprint density at radius 3 is 1.35 bits per heavy atom. The van der Waals surface area contributed by atoms with E-state index in [4.69, 9.17) is 11.2 Å². The van der Waals surface area contributed by atoms with Crippen LogP contribution in [0.4, 0.5) is 0 Å². The minimum atomic E-state index is -2.65. The molecular weight excluding hydrogens is 367 g/mol. The molecule has 0 N–H and O–H groups in total. The van der Waals surface area contributed by atoms with Crippen LogP contribution in [-0.2, 0) is 9.59 Å². The van der Waals surface area contributed by atoms with Crippen molar-refractivity contribution < 1.29 is 9.59 Å². The van der Waals surface area contributed by atoms with E-state index in [0.29, 0.717) is 0 Å². The molecule has 0 spiro atoms. The van der Waals surface area contributed by atoms with Gasteiger partial charge in [-0.1, -0.05) is 0 Å². The second kappa shape index (κ2) is 11.4. The van der Waals surface area contributed by atoms with Crippen LogP contribution in [0.2, 0.25) is 0 Å². The van der Waals surface area contributed by atoms with Crippen LogP contribution in [0.1, 0.15) is 73.1 Å². The summed E-state index contributed by atoms with van der Waals surface area (Å²) in [4.78, 5) is 23.7. The van der Waals surface area contributed by atoms with E-state index in [2.05, 4.69) is 20.8 Å². The van der Waals surface area contributed by atoms with Crippen LogP contribution in [0, 0.1) is 0 Å². The SMILES string of the molecule is CCCCP(Cl)(CCCC)(CCCC)C(SC(C)=O)SC(C)=O. The van der Waals surface area contributed by atoms with E-state index in [1.807, 2.05) is 0 Å². The number of hydrogen-bond acceptors (Lipinski definition) is 4. The third kappa shape index (κ3) is 8.12. The van der Waals surface area contributed by atoms with Gasteiger partial charge in [-0.25, -0.2) is 0 Å². The molecule has 0 aromatic heterocycles. The maximum absolute atomic E-state index is 11.8. The van der Waals surface area contributed by atoms with E-state index in [1.54, 1.807) is 13.8 Å². The molecule has 2 nitrogen and oxygen atoms in total. The van der Waals surface area contributed by atoms with Crippen molar-refractivity contribution in [2.75, 3.05) is 18.5 Å². The Morgan fingerprint density at radius 1 is 0.826 bits per heavy atom. The van der Waals surface area contributed by atoms with E-state index in [-0.39, 0.29) is 14.6 Å². The second-order valence-electron chi connectivity index (χ2n) is 6.43. The van der Waals surface area contributed by atoms with Crippen LogP contribution in [0.15, 0.2) is 0 Å². The van der Waals surface area contributed by atoms with Crippen molar-refractivity contribution in [3.05, 3.63) is 0 Å². The molecule has 0 unspecified atom stereocenters. The molecule has 0 rings (SSSR count). The number of carbonyl (C=O) groups is 2. The van der Waals surface area contributed by atoms with Gasteiger partial charge in [0.15, 0.2) is 0 Å². The molecular formula is C17H34ClO2PS2. The zero-order valence-electron chi connectivity index (χ0n) is 15.4. The third-order valence-electron chi connectivity index (χ3n) is 4.18. The quantitative estimate of drug-likeness (QED) is 0.262. The summed E-state index contributed by atoms with van der Waals surface area (Å²) in [5.74, 6) is -2.65. The normalized spacial score (nSPS) is 13.8. The molecule has 0 aromatic rings. The van der Waals surface area contributed by atoms with Crippen LogP contribution in [0.3, 0.4) is 0 Å². The van der Waals surface area contributed by atoms with Gasteiger partial charge < -0.3 is 0 Å². The topological polar surface area (TPSA) is 34.1 Å². The van der Waals surface area contributed by atoms with Crippen LogP contribution in [-0.4, -0.2) is 33.0 Å². The Hall–Kier alpha value is 0.760. The summed E-state index contributed by atoms with van der Waals surface area (Å²) in [5, 5.41) is 0.144. The molecule has 6 heteroatoms. The standard InChI is InChI=1S/C17H34ClO2PS2/c1-6-9-12-21(18,13-10-7-2,14-11-8-3)17(22-15(4)19)23-16(5)20/h17H,6-14H2,1-5H3. The van der Waals surface area contributed by atoms with Gasteiger partial charge in [0, 0.05) is 0 Å². The van der Waals surface area contributed by atoms with Crippen molar-refractivity contribution in [2.45, 2.75) is 77.5 Å². The zero-order chi connectivity index (χ0) is 18.0. The molecule has 0 saturated heterocycles. The van der Waals surface area contributed by atoms with Gasteiger partial charge in [-0.3, -0.25) is 0 Å². The van der Waals surface area contributed by atoms with Gasteiger partial charge in [-0.15, -0.1) is 0 Å².